The number of halogens is 1. The van der Waals surface area contributed by atoms with Crippen LogP contribution in [0, 0.1) is 17.7 Å². The van der Waals surface area contributed by atoms with E-state index in [0.717, 1.165) is 6.42 Å². The molecule has 0 radical (unpaired) electrons. The summed E-state index contributed by atoms with van der Waals surface area (Å²) in [6, 6.07) is 4.50. The maximum atomic E-state index is 13.6. The molecule has 0 saturated heterocycles. The van der Waals surface area contributed by atoms with E-state index in [2.05, 4.69) is 17.2 Å². The van der Waals surface area contributed by atoms with Gasteiger partial charge in [-0.05, 0) is 31.8 Å². The van der Waals surface area contributed by atoms with Gasteiger partial charge in [0.2, 0.25) is 0 Å². The first-order valence-corrected chi connectivity index (χ1v) is 5.87. The quantitative estimate of drug-likeness (QED) is 0.772. The lowest BCUT2D eigenvalue weighted by Crippen LogP contribution is -2.27. The van der Waals surface area contributed by atoms with Gasteiger partial charge in [-0.1, -0.05) is 18.1 Å². The van der Waals surface area contributed by atoms with Gasteiger partial charge in [-0.25, -0.2) is 4.39 Å². The highest BCUT2D eigenvalue weighted by atomic mass is 19.1. The Balaban J connectivity index is 2.29. The number of rotatable bonds is 1. The van der Waals surface area contributed by atoms with Gasteiger partial charge in [0.15, 0.2) is 11.6 Å². The second-order valence-corrected chi connectivity index (χ2v) is 4.05. The first-order chi connectivity index (χ1) is 8.72. The number of nitrogens with one attached hydrogen (secondary N) is 1. The zero-order chi connectivity index (χ0) is 13.0. The monoisotopic (exact) mass is 247 g/mol. The van der Waals surface area contributed by atoms with Crippen LogP contribution in [0.25, 0.3) is 0 Å². The molecular formula is C14H14FNO2. The molecule has 1 heterocycles. The summed E-state index contributed by atoms with van der Waals surface area (Å²) in [4.78, 5) is 11.5. The number of fused-ring (bicyclic) bond motifs is 1. The maximum Gasteiger partial charge on any atom is 0.296 e. The zero-order valence-corrected chi connectivity index (χ0v) is 10.1. The molecule has 0 spiro atoms. The summed E-state index contributed by atoms with van der Waals surface area (Å²) in [5.41, 5.74) is 0.679. The summed E-state index contributed by atoms with van der Waals surface area (Å²) in [5, 5.41) is 2.78. The lowest BCUT2D eigenvalue weighted by molar-refractivity contribution is -0.116. The van der Waals surface area contributed by atoms with Crippen molar-refractivity contribution < 1.29 is 13.9 Å². The van der Waals surface area contributed by atoms with Gasteiger partial charge in [0, 0.05) is 5.56 Å². The van der Waals surface area contributed by atoms with Crippen molar-refractivity contribution in [1.82, 2.24) is 5.32 Å². The van der Waals surface area contributed by atoms with E-state index in [9.17, 15) is 9.18 Å². The second kappa shape index (κ2) is 5.54. The molecule has 2 rings (SSSR count). The van der Waals surface area contributed by atoms with Crippen molar-refractivity contribution in [3.8, 4) is 17.6 Å². The number of hydrogen-bond acceptors (Lipinski definition) is 2. The molecule has 0 bridgehead atoms. The molecule has 1 aliphatic rings. The topological polar surface area (TPSA) is 38.3 Å². The van der Waals surface area contributed by atoms with Crippen molar-refractivity contribution in [3.63, 3.8) is 0 Å². The van der Waals surface area contributed by atoms with E-state index in [1.54, 1.807) is 19.1 Å². The average Bonchev–Trinajstić information content (AvgIpc) is 2.54. The molecule has 1 unspecified atom stereocenters. The zero-order valence-electron chi connectivity index (χ0n) is 10.1. The number of carbonyl (C=O) groups excluding carboxylic acids is 1. The standard InChI is InChI=1S/C14H14FNO2/c1-2-5-13(17)16-12-8-4-9-18-14-10(12)6-3-7-11(14)15/h3,6-7,12H,4,8-9H2,1H3,(H,16,17). The fourth-order valence-corrected chi connectivity index (χ4v) is 2.03. The highest BCUT2D eigenvalue weighted by Crippen LogP contribution is 2.33. The summed E-state index contributed by atoms with van der Waals surface area (Å²) in [6.07, 6.45) is 1.48. The van der Waals surface area contributed by atoms with E-state index in [-0.39, 0.29) is 17.7 Å². The summed E-state index contributed by atoms with van der Waals surface area (Å²) in [7, 11) is 0. The average molecular weight is 247 g/mol. The first kappa shape index (κ1) is 12.4. The summed E-state index contributed by atoms with van der Waals surface area (Å²) < 4.78 is 19.0. The molecular weight excluding hydrogens is 233 g/mol. The fraction of sp³-hybridized carbons (Fsp3) is 0.357. The third-order valence-corrected chi connectivity index (χ3v) is 2.80. The van der Waals surface area contributed by atoms with Gasteiger partial charge in [-0.3, -0.25) is 4.79 Å². The van der Waals surface area contributed by atoms with E-state index < -0.39 is 5.82 Å². The Morgan fingerprint density at radius 2 is 2.39 bits per heavy atom. The van der Waals surface area contributed by atoms with Gasteiger partial charge in [0.1, 0.15) is 0 Å². The van der Waals surface area contributed by atoms with Crippen molar-refractivity contribution >= 4 is 5.91 Å². The van der Waals surface area contributed by atoms with Crippen molar-refractivity contribution in [3.05, 3.63) is 29.6 Å². The van der Waals surface area contributed by atoms with Crippen molar-refractivity contribution in [2.24, 2.45) is 0 Å². The van der Waals surface area contributed by atoms with Crippen LogP contribution in [0.1, 0.15) is 31.4 Å². The van der Waals surface area contributed by atoms with Gasteiger partial charge in [-0.15, -0.1) is 0 Å². The number of ether oxygens (including phenoxy) is 1. The third kappa shape index (κ3) is 2.62. The molecule has 3 nitrogen and oxygen atoms in total. The minimum absolute atomic E-state index is 0.241. The molecule has 4 heteroatoms. The van der Waals surface area contributed by atoms with Crippen LogP contribution in [0.2, 0.25) is 0 Å². The Morgan fingerprint density at radius 1 is 1.56 bits per heavy atom. The van der Waals surface area contributed by atoms with Crippen LogP contribution >= 0.6 is 0 Å². The van der Waals surface area contributed by atoms with E-state index in [1.165, 1.54) is 6.07 Å². The predicted octanol–water partition coefficient (Wildman–Crippen LogP) is 2.18. The smallest absolute Gasteiger partial charge is 0.296 e. The molecule has 0 saturated carbocycles. The van der Waals surface area contributed by atoms with Crippen LogP contribution in [0.3, 0.4) is 0 Å². The fourth-order valence-electron chi connectivity index (χ4n) is 2.03. The molecule has 0 aromatic heterocycles. The van der Waals surface area contributed by atoms with Crippen molar-refractivity contribution in [2.45, 2.75) is 25.8 Å². The lowest BCUT2D eigenvalue weighted by atomic mass is 10.0. The van der Waals surface area contributed by atoms with Gasteiger partial charge < -0.3 is 10.1 Å². The van der Waals surface area contributed by atoms with Crippen LogP contribution in [-0.2, 0) is 4.79 Å². The highest BCUT2D eigenvalue weighted by molar-refractivity contribution is 5.93. The minimum atomic E-state index is -0.393. The number of amides is 1. The van der Waals surface area contributed by atoms with Gasteiger partial charge in [0.25, 0.3) is 5.91 Å². The van der Waals surface area contributed by atoms with E-state index >= 15 is 0 Å². The van der Waals surface area contributed by atoms with Crippen molar-refractivity contribution in [2.75, 3.05) is 6.61 Å². The van der Waals surface area contributed by atoms with Gasteiger partial charge >= 0.3 is 0 Å². The van der Waals surface area contributed by atoms with E-state index in [0.29, 0.717) is 18.6 Å². The van der Waals surface area contributed by atoms with Crippen LogP contribution in [0.5, 0.6) is 5.75 Å². The Labute approximate surface area is 105 Å². The number of para-hydroxylation sites is 1. The Hall–Kier alpha value is -2.02. The summed E-state index contributed by atoms with van der Waals surface area (Å²) in [6.45, 7) is 2.06. The molecule has 1 N–H and O–H groups in total. The molecule has 94 valence electrons. The Kier molecular flexibility index (Phi) is 3.83. The van der Waals surface area contributed by atoms with E-state index in [4.69, 9.17) is 4.74 Å². The lowest BCUT2D eigenvalue weighted by Gasteiger charge is -2.17. The van der Waals surface area contributed by atoms with Gasteiger partial charge in [0.05, 0.1) is 12.6 Å². The molecule has 18 heavy (non-hydrogen) atoms. The largest absolute Gasteiger partial charge is 0.490 e. The Bertz CT molecular complexity index is 516. The number of carbonyl (C=O) groups is 1. The first-order valence-electron chi connectivity index (χ1n) is 5.87. The highest BCUT2D eigenvalue weighted by Gasteiger charge is 2.23. The summed E-state index contributed by atoms with van der Waals surface area (Å²) >= 11 is 0. The van der Waals surface area contributed by atoms with Crippen LogP contribution < -0.4 is 10.1 Å². The van der Waals surface area contributed by atoms with Crippen LogP contribution in [0.15, 0.2) is 18.2 Å². The molecule has 0 fully saturated rings. The molecule has 1 atom stereocenters. The molecule has 1 aromatic carbocycles. The predicted molar refractivity (Wildman–Crippen MR) is 65.5 cm³/mol. The SMILES string of the molecule is CC#CC(=O)NC1CCCOc2c(F)cccc21. The van der Waals surface area contributed by atoms with Crippen LogP contribution in [-0.4, -0.2) is 12.5 Å². The summed E-state index contributed by atoms with van der Waals surface area (Å²) in [5.74, 6) is 4.46. The minimum Gasteiger partial charge on any atom is -0.490 e. The molecule has 1 aromatic rings. The third-order valence-electron chi connectivity index (χ3n) is 2.80. The van der Waals surface area contributed by atoms with E-state index in [1.807, 2.05) is 0 Å². The van der Waals surface area contributed by atoms with Crippen molar-refractivity contribution in [1.29, 1.82) is 0 Å². The second-order valence-electron chi connectivity index (χ2n) is 4.05. The Morgan fingerprint density at radius 3 is 3.17 bits per heavy atom. The number of benzene rings is 1. The normalized spacial score (nSPS) is 17.6. The van der Waals surface area contributed by atoms with Gasteiger partial charge in [-0.2, -0.15) is 0 Å². The molecule has 1 amide bonds. The number of hydrogen-bond donors (Lipinski definition) is 1. The maximum absolute atomic E-state index is 13.6. The van der Waals surface area contributed by atoms with Crippen LogP contribution in [0.4, 0.5) is 4.39 Å². The molecule has 1 aliphatic heterocycles. The molecule has 0 aliphatic carbocycles.